The summed E-state index contributed by atoms with van der Waals surface area (Å²) < 4.78 is 0. The zero-order valence-electron chi connectivity index (χ0n) is 12.8. The number of carbonyl (C=O) groups excluding carboxylic acids is 2. The first-order chi connectivity index (χ1) is 10.5. The van der Waals surface area contributed by atoms with Crippen molar-refractivity contribution in [2.75, 3.05) is 5.32 Å². The van der Waals surface area contributed by atoms with Gasteiger partial charge >= 0.3 is 0 Å². The molecule has 3 N–H and O–H groups in total. The van der Waals surface area contributed by atoms with Crippen molar-refractivity contribution in [1.82, 2.24) is 0 Å². The predicted molar refractivity (Wildman–Crippen MR) is 83.9 cm³/mol. The van der Waals surface area contributed by atoms with Gasteiger partial charge in [-0.3, -0.25) is 9.59 Å². The van der Waals surface area contributed by atoms with Crippen LogP contribution in [0.3, 0.4) is 0 Å². The summed E-state index contributed by atoms with van der Waals surface area (Å²) in [5, 5.41) is 3.00. The molecule has 4 heteroatoms. The Morgan fingerprint density at radius 3 is 2.23 bits per heavy atom. The molecule has 0 aliphatic heterocycles. The van der Waals surface area contributed by atoms with E-state index in [0.29, 0.717) is 11.8 Å². The fourth-order valence-corrected chi connectivity index (χ4v) is 5.25. The molecule has 1 spiro atoms. The van der Waals surface area contributed by atoms with Crippen LogP contribution >= 0.6 is 0 Å². The van der Waals surface area contributed by atoms with Crippen molar-refractivity contribution in [1.29, 1.82) is 0 Å². The Balaban J connectivity index is 1.59. The Morgan fingerprint density at radius 1 is 1.09 bits per heavy atom. The Kier molecular flexibility index (Phi) is 2.87. The van der Waals surface area contributed by atoms with Crippen molar-refractivity contribution < 1.29 is 9.59 Å². The number of amides is 2. The first-order valence-corrected chi connectivity index (χ1v) is 8.20. The number of anilines is 1. The van der Waals surface area contributed by atoms with Gasteiger partial charge in [0.1, 0.15) is 0 Å². The molecule has 0 aromatic heterocycles. The highest BCUT2D eigenvalue weighted by atomic mass is 16.2. The van der Waals surface area contributed by atoms with E-state index in [1.807, 2.05) is 31.2 Å². The van der Waals surface area contributed by atoms with E-state index in [2.05, 4.69) is 5.32 Å². The van der Waals surface area contributed by atoms with Crippen molar-refractivity contribution in [3.8, 4) is 0 Å². The highest BCUT2D eigenvalue weighted by Gasteiger charge is 2.71. The molecule has 0 heterocycles. The average molecular weight is 298 g/mol. The van der Waals surface area contributed by atoms with Crippen molar-refractivity contribution in [2.24, 2.45) is 34.8 Å². The summed E-state index contributed by atoms with van der Waals surface area (Å²) in [5.41, 5.74) is 7.87. The summed E-state index contributed by atoms with van der Waals surface area (Å²) in [6.07, 6.45) is 4.47. The van der Waals surface area contributed by atoms with Gasteiger partial charge in [0.2, 0.25) is 11.8 Å². The van der Waals surface area contributed by atoms with Gasteiger partial charge in [-0.1, -0.05) is 17.7 Å². The van der Waals surface area contributed by atoms with Crippen LogP contribution in [0.25, 0.3) is 0 Å². The van der Waals surface area contributed by atoms with Crippen LogP contribution in [0, 0.1) is 36.0 Å². The maximum Gasteiger partial charge on any atom is 0.228 e. The Bertz CT molecular complexity index is 633. The number of aryl methyl sites for hydroxylation is 1. The lowest BCUT2D eigenvalue weighted by Crippen LogP contribution is -2.40. The van der Waals surface area contributed by atoms with Crippen LogP contribution in [0.5, 0.6) is 0 Å². The zero-order valence-corrected chi connectivity index (χ0v) is 12.8. The molecule has 22 heavy (non-hydrogen) atoms. The minimum atomic E-state index is -0.289. The van der Waals surface area contributed by atoms with Gasteiger partial charge in [-0.05, 0) is 62.0 Å². The Labute approximate surface area is 130 Å². The summed E-state index contributed by atoms with van der Waals surface area (Å²) in [4.78, 5) is 24.8. The highest BCUT2D eigenvalue weighted by molar-refractivity contribution is 5.97. The zero-order chi connectivity index (χ0) is 15.5. The average Bonchev–Trinajstić information content (AvgIpc) is 3.15. The summed E-state index contributed by atoms with van der Waals surface area (Å²) in [6, 6.07) is 7.77. The number of benzene rings is 1. The van der Waals surface area contributed by atoms with Crippen molar-refractivity contribution >= 4 is 17.5 Å². The minimum Gasteiger partial charge on any atom is -0.369 e. The molecular formula is C18H22N2O2. The number of hydrogen-bond acceptors (Lipinski definition) is 2. The molecule has 116 valence electrons. The third-order valence-electron chi connectivity index (χ3n) is 6.30. The molecule has 2 amide bonds. The summed E-state index contributed by atoms with van der Waals surface area (Å²) >= 11 is 0. The molecule has 4 atom stereocenters. The third kappa shape index (κ3) is 1.82. The molecule has 1 aromatic rings. The van der Waals surface area contributed by atoms with Crippen LogP contribution in [0.4, 0.5) is 5.69 Å². The lowest BCUT2D eigenvalue weighted by Gasteiger charge is -2.27. The maximum atomic E-state index is 12.8. The van der Waals surface area contributed by atoms with E-state index < -0.39 is 0 Å². The molecule has 4 rings (SSSR count). The van der Waals surface area contributed by atoms with E-state index in [9.17, 15) is 9.59 Å². The highest BCUT2D eigenvalue weighted by Crippen LogP contribution is 2.74. The standard InChI is InChI=1S/C18H22N2O2/c1-10-2-4-11(5-3-10)20-17(22)15-13-7-6-12(14(15)16(19)21)18(13)8-9-18/h2-5,12-15H,6-9H2,1H3,(H2,19,21)(H,20,22). The monoisotopic (exact) mass is 298 g/mol. The molecule has 0 saturated heterocycles. The second kappa shape index (κ2) is 4.58. The van der Waals surface area contributed by atoms with Crippen LogP contribution in [0.1, 0.15) is 31.2 Å². The van der Waals surface area contributed by atoms with Crippen LogP contribution in [-0.4, -0.2) is 11.8 Å². The number of carbonyl (C=O) groups is 2. The third-order valence-corrected chi connectivity index (χ3v) is 6.30. The predicted octanol–water partition coefficient (Wildman–Crippen LogP) is 2.47. The Hall–Kier alpha value is -1.84. The van der Waals surface area contributed by atoms with Crippen LogP contribution < -0.4 is 11.1 Å². The Morgan fingerprint density at radius 2 is 1.68 bits per heavy atom. The molecule has 3 aliphatic rings. The number of nitrogens with two attached hydrogens (primary N) is 1. The smallest absolute Gasteiger partial charge is 0.228 e. The molecule has 2 bridgehead atoms. The van der Waals surface area contributed by atoms with Gasteiger partial charge in [-0.15, -0.1) is 0 Å². The van der Waals surface area contributed by atoms with E-state index in [1.54, 1.807) is 0 Å². The molecule has 0 radical (unpaired) electrons. The second-order valence-electron chi connectivity index (χ2n) is 7.33. The number of hydrogen-bond donors (Lipinski definition) is 2. The first kappa shape index (κ1) is 13.8. The normalized spacial score (nSPS) is 33.9. The van der Waals surface area contributed by atoms with E-state index in [4.69, 9.17) is 5.73 Å². The molecule has 4 nitrogen and oxygen atoms in total. The van der Waals surface area contributed by atoms with Crippen LogP contribution in [0.15, 0.2) is 24.3 Å². The fourth-order valence-electron chi connectivity index (χ4n) is 5.25. The van der Waals surface area contributed by atoms with Crippen LogP contribution in [-0.2, 0) is 9.59 Å². The fraction of sp³-hybridized carbons (Fsp3) is 0.556. The quantitative estimate of drug-likeness (QED) is 0.899. The largest absolute Gasteiger partial charge is 0.369 e. The number of primary amides is 1. The SMILES string of the molecule is Cc1ccc(NC(=O)C2C(C(N)=O)C3CCC2C32CC2)cc1. The molecule has 4 unspecified atom stereocenters. The van der Waals surface area contributed by atoms with Gasteiger partial charge in [0.25, 0.3) is 0 Å². The van der Waals surface area contributed by atoms with E-state index in [0.717, 1.165) is 24.1 Å². The van der Waals surface area contributed by atoms with Crippen molar-refractivity contribution in [3.05, 3.63) is 29.8 Å². The van der Waals surface area contributed by atoms with E-state index in [-0.39, 0.29) is 29.1 Å². The van der Waals surface area contributed by atoms with Gasteiger partial charge in [0, 0.05) is 5.69 Å². The minimum absolute atomic E-state index is 0.0221. The van der Waals surface area contributed by atoms with Crippen molar-refractivity contribution in [2.45, 2.75) is 32.6 Å². The van der Waals surface area contributed by atoms with Gasteiger partial charge in [0.15, 0.2) is 0 Å². The van der Waals surface area contributed by atoms with E-state index >= 15 is 0 Å². The molecule has 3 saturated carbocycles. The number of rotatable bonds is 3. The molecule has 1 aromatic carbocycles. The first-order valence-electron chi connectivity index (χ1n) is 8.20. The lowest BCUT2D eigenvalue weighted by molar-refractivity contribution is -0.132. The summed E-state index contributed by atoms with van der Waals surface area (Å²) in [5.74, 6) is -0.135. The lowest BCUT2D eigenvalue weighted by atomic mass is 9.78. The molecule has 3 aliphatic carbocycles. The number of nitrogens with one attached hydrogen (secondary N) is 1. The topological polar surface area (TPSA) is 72.2 Å². The summed E-state index contributed by atoms with van der Waals surface area (Å²) in [6.45, 7) is 2.02. The van der Waals surface area contributed by atoms with Gasteiger partial charge in [0.05, 0.1) is 11.8 Å². The molecule has 3 fully saturated rings. The van der Waals surface area contributed by atoms with E-state index in [1.165, 1.54) is 12.8 Å². The van der Waals surface area contributed by atoms with Gasteiger partial charge in [-0.25, -0.2) is 0 Å². The van der Waals surface area contributed by atoms with Crippen LogP contribution in [0.2, 0.25) is 0 Å². The summed E-state index contributed by atoms with van der Waals surface area (Å²) in [7, 11) is 0. The van der Waals surface area contributed by atoms with Gasteiger partial charge < -0.3 is 11.1 Å². The van der Waals surface area contributed by atoms with Crippen molar-refractivity contribution in [3.63, 3.8) is 0 Å². The maximum absolute atomic E-state index is 12.8. The second-order valence-corrected chi connectivity index (χ2v) is 7.33. The van der Waals surface area contributed by atoms with Gasteiger partial charge in [-0.2, -0.15) is 0 Å². The molecular weight excluding hydrogens is 276 g/mol.